The second-order valence-corrected chi connectivity index (χ2v) is 4.05. The third kappa shape index (κ3) is 2.36. The number of benzene rings is 1. The minimum absolute atomic E-state index is 0.0367. The molecule has 0 bridgehead atoms. The van der Waals surface area contributed by atoms with Gasteiger partial charge in [-0.05, 0) is 23.9 Å². The molecule has 0 amide bonds. The van der Waals surface area contributed by atoms with Crippen molar-refractivity contribution in [3.63, 3.8) is 0 Å². The summed E-state index contributed by atoms with van der Waals surface area (Å²) >= 11 is 0. The maximum absolute atomic E-state index is 13.7. The zero-order valence-electron chi connectivity index (χ0n) is 10.7. The molecule has 1 atom stereocenters. The molecule has 9 heteroatoms. The molecule has 0 aliphatic heterocycles. The maximum atomic E-state index is 13.7. The topological polar surface area (TPSA) is 55.6 Å². The van der Waals surface area contributed by atoms with E-state index in [1.165, 1.54) is 0 Å². The highest BCUT2D eigenvalue weighted by molar-refractivity contribution is 5.36. The van der Waals surface area contributed by atoms with E-state index < -0.39 is 35.0 Å². The van der Waals surface area contributed by atoms with Gasteiger partial charge in [0, 0.05) is 6.07 Å². The molecule has 0 saturated carbocycles. The molecule has 0 aliphatic carbocycles. The summed E-state index contributed by atoms with van der Waals surface area (Å²) in [5, 5.41) is 13.2. The fourth-order valence-corrected chi connectivity index (χ4v) is 1.77. The van der Waals surface area contributed by atoms with Gasteiger partial charge in [0.15, 0.2) is 29.1 Å². The van der Waals surface area contributed by atoms with Gasteiger partial charge in [0.2, 0.25) is 0 Å². The van der Waals surface area contributed by atoms with Gasteiger partial charge in [0.25, 0.3) is 0 Å². The number of halogens is 4. The van der Waals surface area contributed by atoms with E-state index in [9.17, 15) is 17.6 Å². The summed E-state index contributed by atoms with van der Waals surface area (Å²) in [6, 6.07) is -0.327. The van der Waals surface area contributed by atoms with Gasteiger partial charge < -0.3 is 5.32 Å². The predicted octanol–water partition coefficient (Wildman–Crippen LogP) is 1.89. The standard InChI is InChI=1S/C11H11F4N5/c1-3-16-5(2)11-17-18-19-20(11)10-8(14)6(12)4-7(13)9(10)15/h4-5,16H,3H2,1-2H3. The summed E-state index contributed by atoms with van der Waals surface area (Å²) in [6.45, 7) is 4.02. The lowest BCUT2D eigenvalue weighted by atomic mass is 10.2. The smallest absolute Gasteiger partial charge is 0.187 e. The summed E-state index contributed by atoms with van der Waals surface area (Å²) in [5.74, 6) is -6.11. The minimum Gasteiger partial charge on any atom is -0.308 e. The van der Waals surface area contributed by atoms with Crippen LogP contribution in [0.25, 0.3) is 5.69 Å². The van der Waals surface area contributed by atoms with Gasteiger partial charge in [-0.25, -0.2) is 17.6 Å². The van der Waals surface area contributed by atoms with E-state index in [1.54, 1.807) is 6.92 Å². The molecular formula is C11H11F4N5. The van der Waals surface area contributed by atoms with Gasteiger partial charge in [-0.3, -0.25) is 0 Å². The first-order valence-electron chi connectivity index (χ1n) is 5.82. The van der Waals surface area contributed by atoms with Gasteiger partial charge in [0.05, 0.1) is 6.04 Å². The highest BCUT2D eigenvalue weighted by atomic mass is 19.2. The number of nitrogens with one attached hydrogen (secondary N) is 1. The van der Waals surface area contributed by atoms with Crippen LogP contribution in [0.4, 0.5) is 17.6 Å². The second kappa shape index (κ2) is 5.53. The number of hydrogen-bond acceptors (Lipinski definition) is 4. The van der Waals surface area contributed by atoms with E-state index in [0.717, 1.165) is 0 Å². The minimum atomic E-state index is -1.55. The average Bonchev–Trinajstić information content (AvgIpc) is 2.86. The molecule has 2 aromatic rings. The van der Waals surface area contributed by atoms with Crippen molar-refractivity contribution < 1.29 is 17.6 Å². The Bertz CT molecular complexity index is 601. The van der Waals surface area contributed by atoms with E-state index in [1.807, 2.05) is 6.92 Å². The van der Waals surface area contributed by atoms with Crippen LogP contribution >= 0.6 is 0 Å². The number of hydrogen-bond donors (Lipinski definition) is 1. The quantitative estimate of drug-likeness (QED) is 0.690. The Morgan fingerprint density at radius 2 is 1.80 bits per heavy atom. The van der Waals surface area contributed by atoms with Crippen LogP contribution in [0.5, 0.6) is 0 Å². The molecule has 0 saturated heterocycles. The van der Waals surface area contributed by atoms with Crippen molar-refractivity contribution in [1.29, 1.82) is 0 Å². The molecule has 1 N–H and O–H groups in total. The summed E-state index contributed by atoms with van der Waals surface area (Å²) < 4.78 is 54.5. The largest absolute Gasteiger partial charge is 0.308 e. The van der Waals surface area contributed by atoms with Crippen LogP contribution in [0, 0.1) is 23.3 Å². The molecular weight excluding hydrogens is 278 g/mol. The van der Waals surface area contributed by atoms with E-state index >= 15 is 0 Å². The lowest BCUT2D eigenvalue weighted by Crippen LogP contribution is -2.22. The first-order valence-corrected chi connectivity index (χ1v) is 5.82. The molecule has 0 aliphatic rings. The molecule has 1 aromatic carbocycles. The molecule has 1 heterocycles. The molecule has 1 aromatic heterocycles. The fourth-order valence-electron chi connectivity index (χ4n) is 1.77. The molecule has 1 unspecified atom stereocenters. The van der Waals surface area contributed by atoms with E-state index in [0.29, 0.717) is 11.2 Å². The third-order valence-corrected chi connectivity index (χ3v) is 2.69. The highest BCUT2D eigenvalue weighted by Crippen LogP contribution is 2.24. The zero-order valence-corrected chi connectivity index (χ0v) is 10.7. The van der Waals surface area contributed by atoms with Gasteiger partial charge in [0.1, 0.15) is 5.69 Å². The van der Waals surface area contributed by atoms with Crippen molar-refractivity contribution >= 4 is 0 Å². The van der Waals surface area contributed by atoms with Crippen molar-refractivity contribution in [3.8, 4) is 5.69 Å². The molecule has 0 spiro atoms. The van der Waals surface area contributed by atoms with Gasteiger partial charge in [-0.15, -0.1) is 5.10 Å². The van der Waals surface area contributed by atoms with Gasteiger partial charge >= 0.3 is 0 Å². The van der Waals surface area contributed by atoms with Gasteiger partial charge in [-0.2, -0.15) is 4.68 Å². The summed E-state index contributed by atoms with van der Waals surface area (Å²) in [6.07, 6.45) is 0. The van der Waals surface area contributed by atoms with Crippen LogP contribution in [0.15, 0.2) is 6.07 Å². The van der Waals surface area contributed by atoms with Crippen LogP contribution in [-0.4, -0.2) is 26.8 Å². The maximum Gasteiger partial charge on any atom is 0.187 e. The first kappa shape index (κ1) is 14.4. The van der Waals surface area contributed by atoms with Crippen LogP contribution in [-0.2, 0) is 0 Å². The van der Waals surface area contributed by atoms with Crippen LogP contribution < -0.4 is 5.32 Å². The fraction of sp³-hybridized carbons (Fsp3) is 0.364. The predicted molar refractivity (Wildman–Crippen MR) is 61.1 cm³/mol. The van der Waals surface area contributed by atoms with Crippen molar-refractivity contribution in [3.05, 3.63) is 35.2 Å². The zero-order chi connectivity index (χ0) is 14.9. The van der Waals surface area contributed by atoms with Crippen LogP contribution in [0.3, 0.4) is 0 Å². The van der Waals surface area contributed by atoms with Crippen LogP contribution in [0.1, 0.15) is 25.7 Å². The molecule has 20 heavy (non-hydrogen) atoms. The Balaban J connectivity index is 2.61. The molecule has 2 rings (SSSR count). The first-order chi connectivity index (χ1) is 9.47. The van der Waals surface area contributed by atoms with Crippen molar-refractivity contribution in [2.75, 3.05) is 6.54 Å². The van der Waals surface area contributed by atoms with Gasteiger partial charge in [-0.1, -0.05) is 6.92 Å². The highest BCUT2D eigenvalue weighted by Gasteiger charge is 2.25. The lowest BCUT2D eigenvalue weighted by molar-refractivity contribution is 0.438. The Labute approximate surface area is 111 Å². The normalized spacial score (nSPS) is 12.7. The van der Waals surface area contributed by atoms with Crippen molar-refractivity contribution in [2.24, 2.45) is 0 Å². The molecule has 108 valence electrons. The van der Waals surface area contributed by atoms with E-state index in [4.69, 9.17) is 0 Å². The summed E-state index contributed by atoms with van der Waals surface area (Å²) in [4.78, 5) is 0. The van der Waals surface area contributed by atoms with E-state index in [-0.39, 0.29) is 11.9 Å². The monoisotopic (exact) mass is 289 g/mol. The lowest BCUT2D eigenvalue weighted by Gasteiger charge is -2.13. The Hall–Kier alpha value is -2.03. The van der Waals surface area contributed by atoms with E-state index in [2.05, 4.69) is 20.8 Å². The van der Waals surface area contributed by atoms with Crippen LogP contribution in [0.2, 0.25) is 0 Å². The average molecular weight is 289 g/mol. The number of nitrogens with zero attached hydrogens (tertiary/aromatic N) is 4. The third-order valence-electron chi connectivity index (χ3n) is 2.69. The van der Waals surface area contributed by atoms with Crippen molar-refractivity contribution in [1.82, 2.24) is 25.5 Å². The number of tetrazole rings is 1. The SMILES string of the molecule is CCNC(C)c1nnnn1-c1c(F)c(F)cc(F)c1F. The summed E-state index contributed by atoms with van der Waals surface area (Å²) in [7, 11) is 0. The molecule has 0 radical (unpaired) electrons. The number of aromatic nitrogens is 4. The Morgan fingerprint density at radius 1 is 1.20 bits per heavy atom. The van der Waals surface area contributed by atoms with Crippen molar-refractivity contribution in [2.45, 2.75) is 19.9 Å². The molecule has 0 fully saturated rings. The Kier molecular flexibility index (Phi) is 3.98. The summed E-state index contributed by atoms with van der Waals surface area (Å²) in [5.41, 5.74) is -0.979. The Morgan fingerprint density at radius 3 is 2.35 bits per heavy atom. The molecule has 5 nitrogen and oxygen atoms in total. The number of rotatable bonds is 4. The second-order valence-electron chi connectivity index (χ2n) is 4.05.